The minimum Gasteiger partial charge on any atom is -0.496 e. The van der Waals surface area contributed by atoms with Crippen LogP contribution in [0.15, 0.2) is 18.2 Å². The molecule has 1 rings (SSSR count). The lowest BCUT2D eigenvalue weighted by Gasteiger charge is -2.19. The molecule has 0 bridgehead atoms. The van der Waals surface area contributed by atoms with E-state index in [1.807, 2.05) is 6.07 Å². The molecule has 114 valence electrons. The smallest absolute Gasteiger partial charge is 0.124 e. The summed E-state index contributed by atoms with van der Waals surface area (Å²) in [6, 6.07) is 6.66. The Morgan fingerprint density at radius 2 is 1.85 bits per heavy atom. The zero-order valence-corrected chi connectivity index (χ0v) is 13.7. The van der Waals surface area contributed by atoms with E-state index in [1.54, 1.807) is 7.11 Å². The molecule has 3 heteroatoms. The second-order valence-electron chi connectivity index (χ2n) is 5.61. The van der Waals surface area contributed by atoms with E-state index < -0.39 is 0 Å². The highest BCUT2D eigenvalue weighted by molar-refractivity contribution is 5.38. The second-order valence-corrected chi connectivity index (χ2v) is 5.61. The molecule has 0 fully saturated rings. The number of methoxy groups -OCH3 is 1. The fourth-order valence-electron chi connectivity index (χ4n) is 2.02. The number of benzene rings is 1. The molecular weight excluding hydrogens is 250 g/mol. The van der Waals surface area contributed by atoms with Gasteiger partial charge in [0.2, 0.25) is 0 Å². The molecule has 0 amide bonds. The van der Waals surface area contributed by atoms with Gasteiger partial charge >= 0.3 is 0 Å². The number of hydrogen-bond donors (Lipinski definition) is 1. The Kier molecular flexibility index (Phi) is 7.03. The molecule has 0 saturated heterocycles. The maximum absolute atomic E-state index is 5.93. The van der Waals surface area contributed by atoms with Crippen LogP contribution in [0.2, 0.25) is 0 Å². The Morgan fingerprint density at radius 3 is 2.40 bits per heavy atom. The lowest BCUT2D eigenvalue weighted by atomic mass is 10.0. The first-order valence-electron chi connectivity index (χ1n) is 7.51. The fourth-order valence-corrected chi connectivity index (χ4v) is 2.02. The summed E-state index contributed by atoms with van der Waals surface area (Å²) in [7, 11) is 1.71. The molecule has 0 heterocycles. The van der Waals surface area contributed by atoms with Crippen LogP contribution < -0.4 is 10.1 Å². The van der Waals surface area contributed by atoms with E-state index in [9.17, 15) is 0 Å². The first kappa shape index (κ1) is 17.0. The average Bonchev–Trinajstić information content (AvgIpc) is 2.44. The summed E-state index contributed by atoms with van der Waals surface area (Å²) in [5.41, 5.74) is 2.38. The average molecular weight is 279 g/mol. The van der Waals surface area contributed by atoms with Gasteiger partial charge in [-0.15, -0.1) is 0 Å². The summed E-state index contributed by atoms with van der Waals surface area (Å²) in [5, 5.41) is 3.43. The van der Waals surface area contributed by atoms with Crippen LogP contribution in [0.1, 0.15) is 51.8 Å². The van der Waals surface area contributed by atoms with Crippen LogP contribution in [-0.2, 0) is 11.3 Å². The third-order valence-corrected chi connectivity index (χ3v) is 3.76. The van der Waals surface area contributed by atoms with Gasteiger partial charge in [0, 0.05) is 11.6 Å². The first-order chi connectivity index (χ1) is 9.49. The highest BCUT2D eigenvalue weighted by Gasteiger charge is 2.12. The van der Waals surface area contributed by atoms with Gasteiger partial charge in [0.15, 0.2) is 0 Å². The standard InChI is InChI=1S/C17H29NO2/c1-7-18-13(4)15-8-9-17(19-6)16(10-15)11-20-14(5)12(2)3/h8-10,12-14,18H,7,11H2,1-6H3. The van der Waals surface area contributed by atoms with E-state index in [4.69, 9.17) is 9.47 Å². The molecule has 2 atom stereocenters. The first-order valence-corrected chi connectivity index (χ1v) is 7.51. The lowest BCUT2D eigenvalue weighted by molar-refractivity contribution is 0.0226. The zero-order valence-electron chi connectivity index (χ0n) is 13.7. The SMILES string of the molecule is CCNC(C)c1ccc(OC)c(COC(C)C(C)C)c1. The van der Waals surface area contributed by atoms with Crippen molar-refractivity contribution in [1.29, 1.82) is 0 Å². The molecule has 0 aliphatic carbocycles. The quantitative estimate of drug-likeness (QED) is 0.782. The largest absolute Gasteiger partial charge is 0.496 e. The third kappa shape index (κ3) is 4.80. The molecule has 0 radical (unpaired) electrons. The minimum atomic E-state index is 0.245. The summed E-state index contributed by atoms with van der Waals surface area (Å²) < 4.78 is 11.4. The van der Waals surface area contributed by atoms with E-state index in [-0.39, 0.29) is 6.10 Å². The van der Waals surface area contributed by atoms with Gasteiger partial charge in [-0.25, -0.2) is 0 Å². The van der Waals surface area contributed by atoms with Crippen LogP contribution in [0.3, 0.4) is 0 Å². The Hall–Kier alpha value is -1.06. The Bertz CT molecular complexity index is 404. The van der Waals surface area contributed by atoms with Crippen molar-refractivity contribution in [2.75, 3.05) is 13.7 Å². The van der Waals surface area contributed by atoms with Crippen molar-refractivity contribution in [2.24, 2.45) is 5.92 Å². The monoisotopic (exact) mass is 279 g/mol. The van der Waals surface area contributed by atoms with Crippen LogP contribution in [-0.4, -0.2) is 19.8 Å². The second kappa shape index (κ2) is 8.28. The van der Waals surface area contributed by atoms with Crippen molar-refractivity contribution in [3.05, 3.63) is 29.3 Å². The summed E-state index contributed by atoms with van der Waals surface area (Å²) in [4.78, 5) is 0. The van der Waals surface area contributed by atoms with E-state index in [1.165, 1.54) is 5.56 Å². The fraction of sp³-hybridized carbons (Fsp3) is 0.647. The van der Waals surface area contributed by atoms with E-state index in [0.717, 1.165) is 17.9 Å². The Balaban J connectivity index is 2.83. The summed E-state index contributed by atoms with van der Waals surface area (Å²) in [5.74, 6) is 1.42. The molecule has 0 spiro atoms. The van der Waals surface area contributed by atoms with Gasteiger partial charge in [-0.05, 0) is 44.0 Å². The number of rotatable bonds is 8. The predicted molar refractivity (Wildman–Crippen MR) is 84.2 cm³/mol. The van der Waals surface area contributed by atoms with Crippen molar-refractivity contribution in [3.8, 4) is 5.75 Å². The Morgan fingerprint density at radius 1 is 1.15 bits per heavy atom. The molecule has 20 heavy (non-hydrogen) atoms. The number of nitrogens with one attached hydrogen (secondary N) is 1. The van der Waals surface area contributed by atoms with E-state index >= 15 is 0 Å². The normalized spacial score (nSPS) is 14.3. The molecule has 1 aromatic rings. The van der Waals surface area contributed by atoms with E-state index in [2.05, 4.69) is 52.1 Å². The topological polar surface area (TPSA) is 30.5 Å². The van der Waals surface area contributed by atoms with Crippen LogP contribution in [0.5, 0.6) is 5.75 Å². The maximum Gasteiger partial charge on any atom is 0.124 e. The van der Waals surface area contributed by atoms with Crippen LogP contribution in [0.4, 0.5) is 0 Å². The minimum absolute atomic E-state index is 0.245. The van der Waals surface area contributed by atoms with Crippen molar-refractivity contribution in [3.63, 3.8) is 0 Å². The zero-order chi connectivity index (χ0) is 15.1. The highest BCUT2D eigenvalue weighted by Crippen LogP contribution is 2.25. The summed E-state index contributed by atoms with van der Waals surface area (Å²) in [6.45, 7) is 12.3. The third-order valence-electron chi connectivity index (χ3n) is 3.76. The number of hydrogen-bond acceptors (Lipinski definition) is 3. The van der Waals surface area contributed by atoms with Gasteiger partial charge in [0.1, 0.15) is 5.75 Å². The van der Waals surface area contributed by atoms with Crippen LogP contribution in [0, 0.1) is 5.92 Å². The van der Waals surface area contributed by atoms with Gasteiger partial charge in [-0.1, -0.05) is 26.8 Å². The van der Waals surface area contributed by atoms with Crippen LogP contribution >= 0.6 is 0 Å². The van der Waals surface area contributed by atoms with Crippen molar-refractivity contribution in [1.82, 2.24) is 5.32 Å². The van der Waals surface area contributed by atoms with Gasteiger partial charge < -0.3 is 14.8 Å². The van der Waals surface area contributed by atoms with Gasteiger partial charge in [-0.2, -0.15) is 0 Å². The summed E-state index contributed by atoms with van der Waals surface area (Å²) in [6.07, 6.45) is 0.245. The number of ether oxygens (including phenoxy) is 2. The molecule has 0 saturated carbocycles. The summed E-state index contributed by atoms with van der Waals surface area (Å²) >= 11 is 0. The predicted octanol–water partition coefficient (Wildman–Crippen LogP) is 3.93. The van der Waals surface area contributed by atoms with Crippen molar-refractivity contribution >= 4 is 0 Å². The van der Waals surface area contributed by atoms with E-state index in [0.29, 0.717) is 18.6 Å². The lowest BCUT2D eigenvalue weighted by Crippen LogP contribution is -2.18. The molecule has 2 unspecified atom stereocenters. The highest BCUT2D eigenvalue weighted by atomic mass is 16.5. The Labute approximate surface area is 123 Å². The molecular formula is C17H29NO2. The maximum atomic E-state index is 5.93. The molecule has 1 N–H and O–H groups in total. The van der Waals surface area contributed by atoms with Crippen LogP contribution in [0.25, 0.3) is 0 Å². The van der Waals surface area contributed by atoms with Crippen molar-refractivity contribution in [2.45, 2.75) is 53.4 Å². The van der Waals surface area contributed by atoms with Gasteiger partial charge in [-0.3, -0.25) is 0 Å². The molecule has 0 aromatic heterocycles. The van der Waals surface area contributed by atoms with Gasteiger partial charge in [0.05, 0.1) is 19.8 Å². The van der Waals surface area contributed by atoms with Gasteiger partial charge in [0.25, 0.3) is 0 Å². The molecule has 0 aliphatic rings. The molecule has 1 aromatic carbocycles. The van der Waals surface area contributed by atoms with Crippen molar-refractivity contribution < 1.29 is 9.47 Å². The molecule has 0 aliphatic heterocycles. The molecule has 3 nitrogen and oxygen atoms in total.